The van der Waals surface area contributed by atoms with Crippen LogP contribution in [0.1, 0.15) is 12.0 Å². The summed E-state index contributed by atoms with van der Waals surface area (Å²) in [5.41, 5.74) is 1.93. The Morgan fingerprint density at radius 3 is 2.60 bits per heavy atom. The number of carbonyl (C=O) groups excluding carboxylic acids is 1. The summed E-state index contributed by atoms with van der Waals surface area (Å²) in [6.07, 6.45) is 3.91. The average Bonchev–Trinajstić information content (AvgIpc) is 2.29. The lowest BCUT2D eigenvalue weighted by Crippen LogP contribution is -1.96. The summed E-state index contributed by atoms with van der Waals surface area (Å²) < 4.78 is 4.60. The van der Waals surface area contributed by atoms with Crippen molar-refractivity contribution in [1.29, 1.82) is 0 Å². The van der Waals surface area contributed by atoms with Crippen molar-refractivity contribution in [2.24, 2.45) is 0 Å². The Kier molecular flexibility index (Phi) is 4.35. The second-order valence-electron chi connectivity index (χ2n) is 3.05. The largest absolute Gasteiger partial charge is 0.466 e. The molecule has 0 heterocycles. The molecule has 0 radical (unpaired) electrons. The summed E-state index contributed by atoms with van der Waals surface area (Å²) in [7, 11) is 1.37. The molecule has 78 valence electrons. The van der Waals surface area contributed by atoms with E-state index in [1.807, 2.05) is 30.3 Å². The van der Waals surface area contributed by atoms with Crippen molar-refractivity contribution in [3.63, 3.8) is 0 Å². The molecule has 0 saturated heterocycles. The third-order valence-corrected chi connectivity index (χ3v) is 2.00. The number of rotatable bonds is 4. The molecule has 0 spiro atoms. The lowest BCUT2D eigenvalue weighted by Gasteiger charge is -2.04. The number of carbonyl (C=O) groups is 1. The molecular formula is C13H14O2. The van der Waals surface area contributed by atoms with Crippen molar-refractivity contribution >= 4 is 11.5 Å². The molecule has 1 rings (SSSR count). The van der Waals surface area contributed by atoms with Crippen molar-refractivity contribution in [1.82, 2.24) is 0 Å². The van der Waals surface area contributed by atoms with Crippen LogP contribution in [0.4, 0.5) is 0 Å². The van der Waals surface area contributed by atoms with Gasteiger partial charge in [-0.05, 0) is 17.6 Å². The Hall–Kier alpha value is -1.83. The Morgan fingerprint density at radius 2 is 2.07 bits per heavy atom. The zero-order chi connectivity index (χ0) is 11.1. The van der Waals surface area contributed by atoms with Crippen LogP contribution in [-0.4, -0.2) is 13.1 Å². The van der Waals surface area contributed by atoms with Crippen LogP contribution < -0.4 is 0 Å². The van der Waals surface area contributed by atoms with E-state index in [4.69, 9.17) is 0 Å². The van der Waals surface area contributed by atoms with E-state index in [2.05, 4.69) is 11.3 Å². The SMILES string of the molecule is C=CC/C(=C/C(=O)OC)c1ccccc1. The predicted octanol–water partition coefficient (Wildman–Crippen LogP) is 2.82. The van der Waals surface area contributed by atoms with E-state index in [0.29, 0.717) is 6.42 Å². The van der Waals surface area contributed by atoms with Crippen molar-refractivity contribution in [3.05, 3.63) is 54.6 Å². The molecular weight excluding hydrogens is 188 g/mol. The first-order valence-corrected chi connectivity index (χ1v) is 4.72. The van der Waals surface area contributed by atoms with E-state index in [1.54, 1.807) is 6.08 Å². The molecule has 1 aromatic carbocycles. The molecule has 0 saturated carbocycles. The third-order valence-electron chi connectivity index (χ3n) is 2.00. The molecule has 0 bridgehead atoms. The minimum atomic E-state index is -0.337. The smallest absolute Gasteiger partial charge is 0.330 e. The van der Waals surface area contributed by atoms with Crippen LogP contribution in [0.25, 0.3) is 5.57 Å². The molecule has 0 atom stereocenters. The van der Waals surface area contributed by atoms with Gasteiger partial charge in [-0.1, -0.05) is 36.4 Å². The van der Waals surface area contributed by atoms with Crippen molar-refractivity contribution in [2.45, 2.75) is 6.42 Å². The van der Waals surface area contributed by atoms with Gasteiger partial charge in [-0.15, -0.1) is 6.58 Å². The summed E-state index contributed by atoms with van der Waals surface area (Å²) in [6.45, 7) is 3.67. The van der Waals surface area contributed by atoms with Crippen LogP contribution >= 0.6 is 0 Å². The molecule has 1 aromatic rings. The molecule has 0 unspecified atom stereocenters. The number of methoxy groups -OCH3 is 1. The Labute approximate surface area is 89.9 Å². The second-order valence-corrected chi connectivity index (χ2v) is 3.05. The molecule has 0 aliphatic rings. The number of benzene rings is 1. The monoisotopic (exact) mass is 202 g/mol. The van der Waals surface area contributed by atoms with E-state index in [9.17, 15) is 4.79 Å². The van der Waals surface area contributed by atoms with Gasteiger partial charge in [-0.3, -0.25) is 0 Å². The second kappa shape index (κ2) is 5.81. The van der Waals surface area contributed by atoms with E-state index < -0.39 is 0 Å². The maximum absolute atomic E-state index is 11.1. The molecule has 15 heavy (non-hydrogen) atoms. The van der Waals surface area contributed by atoms with E-state index in [1.165, 1.54) is 13.2 Å². The zero-order valence-electron chi connectivity index (χ0n) is 8.77. The van der Waals surface area contributed by atoms with E-state index in [-0.39, 0.29) is 5.97 Å². The van der Waals surface area contributed by atoms with Gasteiger partial charge >= 0.3 is 5.97 Å². The lowest BCUT2D eigenvalue weighted by atomic mass is 10.0. The summed E-state index contributed by atoms with van der Waals surface area (Å²) in [6, 6.07) is 9.72. The highest BCUT2D eigenvalue weighted by Gasteiger charge is 2.02. The zero-order valence-corrected chi connectivity index (χ0v) is 8.77. The van der Waals surface area contributed by atoms with Crippen LogP contribution in [0.2, 0.25) is 0 Å². The predicted molar refractivity (Wildman–Crippen MR) is 61.2 cm³/mol. The molecule has 0 aromatic heterocycles. The summed E-state index contributed by atoms with van der Waals surface area (Å²) >= 11 is 0. The lowest BCUT2D eigenvalue weighted by molar-refractivity contribution is -0.134. The van der Waals surface area contributed by atoms with E-state index in [0.717, 1.165) is 11.1 Å². The first-order valence-electron chi connectivity index (χ1n) is 4.72. The Balaban J connectivity index is 2.97. The highest BCUT2D eigenvalue weighted by molar-refractivity contribution is 5.91. The van der Waals surface area contributed by atoms with Gasteiger partial charge in [0.2, 0.25) is 0 Å². The van der Waals surface area contributed by atoms with Crippen molar-refractivity contribution in [3.8, 4) is 0 Å². The summed E-state index contributed by atoms with van der Waals surface area (Å²) in [5.74, 6) is -0.337. The van der Waals surface area contributed by atoms with Crippen LogP contribution in [0.5, 0.6) is 0 Å². The minimum absolute atomic E-state index is 0.337. The summed E-state index contributed by atoms with van der Waals surface area (Å²) in [4.78, 5) is 11.1. The fourth-order valence-corrected chi connectivity index (χ4v) is 1.27. The molecule has 0 fully saturated rings. The van der Waals surface area contributed by atoms with E-state index >= 15 is 0 Å². The molecule has 2 heteroatoms. The normalized spacial score (nSPS) is 10.9. The first kappa shape index (κ1) is 11.2. The van der Waals surface area contributed by atoms with Crippen LogP contribution in [0.3, 0.4) is 0 Å². The number of ether oxygens (including phenoxy) is 1. The average molecular weight is 202 g/mol. The van der Waals surface area contributed by atoms with Gasteiger partial charge in [0, 0.05) is 6.08 Å². The van der Waals surface area contributed by atoms with Gasteiger partial charge in [-0.2, -0.15) is 0 Å². The molecule has 0 aliphatic carbocycles. The number of hydrogen-bond donors (Lipinski definition) is 0. The standard InChI is InChI=1S/C13H14O2/c1-3-7-12(10-13(14)15-2)11-8-5-4-6-9-11/h3-6,8-10H,1,7H2,2H3/b12-10-. The Bertz CT molecular complexity index is 363. The quantitative estimate of drug-likeness (QED) is 0.426. The summed E-state index contributed by atoms with van der Waals surface area (Å²) in [5, 5.41) is 0. The van der Waals surface area contributed by atoms with Gasteiger partial charge < -0.3 is 4.74 Å². The van der Waals surface area contributed by atoms with Gasteiger partial charge in [0.05, 0.1) is 7.11 Å². The fraction of sp³-hybridized carbons (Fsp3) is 0.154. The maximum atomic E-state index is 11.1. The molecule has 0 amide bonds. The van der Waals surface area contributed by atoms with Crippen molar-refractivity contribution < 1.29 is 9.53 Å². The highest BCUT2D eigenvalue weighted by Crippen LogP contribution is 2.18. The Morgan fingerprint density at radius 1 is 1.40 bits per heavy atom. The van der Waals surface area contributed by atoms with Gasteiger partial charge in [0.15, 0.2) is 0 Å². The maximum Gasteiger partial charge on any atom is 0.330 e. The first-order chi connectivity index (χ1) is 7.27. The van der Waals surface area contributed by atoms with Crippen molar-refractivity contribution in [2.75, 3.05) is 7.11 Å². The third kappa shape index (κ3) is 3.43. The number of esters is 1. The van der Waals surface area contributed by atoms with Gasteiger partial charge in [0.1, 0.15) is 0 Å². The fourth-order valence-electron chi connectivity index (χ4n) is 1.27. The number of allylic oxidation sites excluding steroid dienone is 2. The number of hydrogen-bond acceptors (Lipinski definition) is 2. The minimum Gasteiger partial charge on any atom is -0.466 e. The topological polar surface area (TPSA) is 26.3 Å². The van der Waals surface area contributed by atoms with Gasteiger partial charge in [-0.25, -0.2) is 4.79 Å². The van der Waals surface area contributed by atoms with Gasteiger partial charge in [0.25, 0.3) is 0 Å². The molecule has 0 N–H and O–H groups in total. The van der Waals surface area contributed by atoms with Crippen LogP contribution in [0.15, 0.2) is 49.1 Å². The highest BCUT2D eigenvalue weighted by atomic mass is 16.5. The molecule has 0 aliphatic heterocycles. The van der Waals surface area contributed by atoms with Crippen LogP contribution in [-0.2, 0) is 9.53 Å². The van der Waals surface area contributed by atoms with Crippen LogP contribution in [0, 0.1) is 0 Å². The molecule has 2 nitrogen and oxygen atoms in total.